The highest BCUT2D eigenvalue weighted by molar-refractivity contribution is 7.89. The van der Waals surface area contributed by atoms with Crippen LogP contribution in [-0.2, 0) is 21.8 Å². The molecule has 0 saturated carbocycles. The molecule has 0 N–H and O–H groups in total. The Labute approximate surface area is 171 Å². The lowest BCUT2D eigenvalue weighted by molar-refractivity contribution is 0.122. The second-order valence-corrected chi connectivity index (χ2v) is 9.22. The number of aryl methyl sites for hydroxylation is 2. The number of sulfonamides is 1. The highest BCUT2D eigenvalue weighted by Gasteiger charge is 2.33. The molecule has 0 bridgehead atoms. The first-order valence-corrected chi connectivity index (χ1v) is 11.2. The molecule has 2 fully saturated rings. The fourth-order valence-electron chi connectivity index (χ4n) is 3.89. The van der Waals surface area contributed by atoms with E-state index in [0.717, 1.165) is 24.7 Å². The van der Waals surface area contributed by atoms with Gasteiger partial charge in [0.2, 0.25) is 10.0 Å². The van der Waals surface area contributed by atoms with Crippen LogP contribution >= 0.6 is 0 Å². The first-order chi connectivity index (χ1) is 13.9. The summed E-state index contributed by atoms with van der Waals surface area (Å²) in [6.07, 6.45) is 1.58. The molecule has 2 aromatic heterocycles. The van der Waals surface area contributed by atoms with E-state index in [4.69, 9.17) is 4.74 Å². The molecule has 4 heterocycles. The van der Waals surface area contributed by atoms with Gasteiger partial charge in [0.05, 0.1) is 24.6 Å². The molecule has 4 rings (SSSR count). The SMILES string of the molecule is Cc1nn(C)c(C)c1S(=O)(=O)N1CCN(c2cc(N3CCOCC3)ncn2)CC1. The molecule has 2 aliphatic rings. The minimum absolute atomic E-state index is 0.324. The molecule has 0 amide bonds. The van der Waals surface area contributed by atoms with Crippen molar-refractivity contribution in [3.63, 3.8) is 0 Å². The predicted molar refractivity (Wildman–Crippen MR) is 109 cm³/mol. The first kappa shape index (κ1) is 20.0. The molecule has 29 heavy (non-hydrogen) atoms. The van der Waals surface area contributed by atoms with Gasteiger partial charge in [0.15, 0.2) is 0 Å². The largest absolute Gasteiger partial charge is 0.378 e. The van der Waals surface area contributed by atoms with Crippen LogP contribution in [0.3, 0.4) is 0 Å². The van der Waals surface area contributed by atoms with Crippen molar-refractivity contribution in [2.45, 2.75) is 18.7 Å². The van der Waals surface area contributed by atoms with Crippen LogP contribution in [0.25, 0.3) is 0 Å². The fourth-order valence-corrected chi connectivity index (χ4v) is 5.71. The first-order valence-electron chi connectivity index (χ1n) is 9.78. The highest BCUT2D eigenvalue weighted by Crippen LogP contribution is 2.25. The lowest BCUT2D eigenvalue weighted by Crippen LogP contribution is -2.49. The third-order valence-electron chi connectivity index (χ3n) is 5.58. The molecule has 0 spiro atoms. The van der Waals surface area contributed by atoms with Gasteiger partial charge in [0.25, 0.3) is 0 Å². The zero-order valence-corrected chi connectivity index (χ0v) is 17.9. The number of morpholine rings is 1. The van der Waals surface area contributed by atoms with Crippen molar-refractivity contribution in [1.82, 2.24) is 24.1 Å². The van der Waals surface area contributed by atoms with Gasteiger partial charge in [-0.2, -0.15) is 9.40 Å². The molecular formula is C18H27N7O3S. The summed E-state index contributed by atoms with van der Waals surface area (Å²) >= 11 is 0. The fraction of sp³-hybridized carbons (Fsp3) is 0.611. The van der Waals surface area contributed by atoms with Crippen molar-refractivity contribution in [2.24, 2.45) is 7.05 Å². The number of aromatic nitrogens is 4. The molecule has 0 atom stereocenters. The van der Waals surface area contributed by atoms with Crippen molar-refractivity contribution in [1.29, 1.82) is 0 Å². The van der Waals surface area contributed by atoms with E-state index < -0.39 is 10.0 Å². The molecule has 0 aliphatic carbocycles. The summed E-state index contributed by atoms with van der Waals surface area (Å²) in [6, 6.07) is 1.98. The summed E-state index contributed by atoms with van der Waals surface area (Å²) in [4.78, 5) is 13.4. The molecule has 10 nitrogen and oxygen atoms in total. The van der Waals surface area contributed by atoms with E-state index in [1.54, 1.807) is 36.2 Å². The van der Waals surface area contributed by atoms with Gasteiger partial charge in [-0.25, -0.2) is 18.4 Å². The second-order valence-electron chi connectivity index (χ2n) is 7.35. The Bertz CT molecular complexity index is 977. The second kappa shape index (κ2) is 7.88. The van der Waals surface area contributed by atoms with Crippen LogP contribution < -0.4 is 9.80 Å². The standard InChI is InChI=1S/C18H27N7O3S/c1-14-18(15(2)22(3)21-14)29(26,27)25-6-4-23(5-7-25)16-12-17(20-13-19-16)24-8-10-28-11-9-24/h12-13H,4-11H2,1-3H3. The van der Waals surface area contributed by atoms with E-state index in [9.17, 15) is 8.42 Å². The van der Waals surface area contributed by atoms with Crippen molar-refractivity contribution in [3.8, 4) is 0 Å². The smallest absolute Gasteiger partial charge is 0.246 e. The monoisotopic (exact) mass is 421 g/mol. The minimum Gasteiger partial charge on any atom is -0.378 e. The minimum atomic E-state index is -3.56. The molecule has 158 valence electrons. The Balaban J connectivity index is 1.47. The number of nitrogens with zero attached hydrogens (tertiary/aromatic N) is 7. The van der Waals surface area contributed by atoms with E-state index in [2.05, 4.69) is 24.9 Å². The number of rotatable bonds is 4. The van der Waals surface area contributed by atoms with Gasteiger partial charge >= 0.3 is 0 Å². The summed E-state index contributed by atoms with van der Waals surface area (Å²) < 4.78 is 34.9. The molecule has 2 saturated heterocycles. The summed E-state index contributed by atoms with van der Waals surface area (Å²) in [7, 11) is -1.80. The van der Waals surface area contributed by atoms with Crippen LogP contribution in [0.5, 0.6) is 0 Å². The molecule has 0 aromatic carbocycles. The van der Waals surface area contributed by atoms with E-state index in [0.29, 0.717) is 55.7 Å². The number of piperazine rings is 1. The van der Waals surface area contributed by atoms with Gasteiger partial charge in [0, 0.05) is 52.4 Å². The number of anilines is 2. The number of hydrogen-bond donors (Lipinski definition) is 0. The lowest BCUT2D eigenvalue weighted by atomic mass is 10.3. The topological polar surface area (TPSA) is 96.7 Å². The summed E-state index contributed by atoms with van der Waals surface area (Å²) in [5, 5.41) is 4.26. The molecule has 0 radical (unpaired) electrons. The zero-order chi connectivity index (χ0) is 20.6. The molecular weight excluding hydrogens is 394 g/mol. The molecule has 0 unspecified atom stereocenters. The zero-order valence-electron chi connectivity index (χ0n) is 17.1. The Hall–Kier alpha value is -2.24. The van der Waals surface area contributed by atoms with Crippen LogP contribution in [0.1, 0.15) is 11.4 Å². The van der Waals surface area contributed by atoms with E-state index in [-0.39, 0.29) is 0 Å². The maximum Gasteiger partial charge on any atom is 0.246 e. The van der Waals surface area contributed by atoms with Crippen molar-refractivity contribution >= 4 is 21.7 Å². The van der Waals surface area contributed by atoms with Crippen LogP contribution in [-0.4, -0.2) is 85.0 Å². The maximum absolute atomic E-state index is 13.2. The number of ether oxygens (including phenoxy) is 1. The van der Waals surface area contributed by atoms with E-state index in [1.807, 2.05) is 6.07 Å². The van der Waals surface area contributed by atoms with Gasteiger partial charge in [-0.05, 0) is 13.8 Å². The van der Waals surface area contributed by atoms with Crippen LogP contribution in [0.4, 0.5) is 11.6 Å². The Morgan fingerprint density at radius 3 is 2.07 bits per heavy atom. The third kappa shape index (κ3) is 3.81. The molecule has 11 heteroatoms. The molecule has 2 aliphatic heterocycles. The average molecular weight is 422 g/mol. The maximum atomic E-state index is 13.2. The van der Waals surface area contributed by atoms with Crippen LogP contribution in [0, 0.1) is 13.8 Å². The van der Waals surface area contributed by atoms with Gasteiger partial charge < -0.3 is 14.5 Å². The highest BCUT2D eigenvalue weighted by atomic mass is 32.2. The van der Waals surface area contributed by atoms with E-state index >= 15 is 0 Å². The summed E-state index contributed by atoms with van der Waals surface area (Å²) in [5.74, 6) is 1.71. The van der Waals surface area contributed by atoms with Crippen molar-refractivity contribution in [3.05, 3.63) is 23.8 Å². The summed E-state index contributed by atoms with van der Waals surface area (Å²) in [6.45, 7) is 8.53. The van der Waals surface area contributed by atoms with Gasteiger partial charge in [-0.1, -0.05) is 0 Å². The van der Waals surface area contributed by atoms with Gasteiger partial charge in [0.1, 0.15) is 22.9 Å². The Morgan fingerprint density at radius 2 is 1.52 bits per heavy atom. The Morgan fingerprint density at radius 1 is 0.931 bits per heavy atom. The van der Waals surface area contributed by atoms with Crippen molar-refractivity contribution < 1.29 is 13.2 Å². The average Bonchev–Trinajstić information content (AvgIpc) is 3.01. The Kier molecular flexibility index (Phi) is 5.45. The quantitative estimate of drug-likeness (QED) is 0.690. The number of hydrogen-bond acceptors (Lipinski definition) is 8. The third-order valence-corrected chi connectivity index (χ3v) is 7.73. The predicted octanol–water partition coefficient (Wildman–Crippen LogP) is 0.174. The van der Waals surface area contributed by atoms with Crippen LogP contribution in [0.15, 0.2) is 17.3 Å². The van der Waals surface area contributed by atoms with Gasteiger partial charge in [-0.3, -0.25) is 4.68 Å². The molecule has 2 aromatic rings. The lowest BCUT2D eigenvalue weighted by Gasteiger charge is -2.35. The van der Waals surface area contributed by atoms with Crippen molar-refractivity contribution in [2.75, 3.05) is 62.3 Å². The summed E-state index contributed by atoms with van der Waals surface area (Å²) in [5.41, 5.74) is 1.20. The van der Waals surface area contributed by atoms with Gasteiger partial charge in [-0.15, -0.1) is 0 Å². The normalized spacial score (nSPS) is 19.0. The van der Waals surface area contributed by atoms with Crippen LogP contribution in [0.2, 0.25) is 0 Å². The van der Waals surface area contributed by atoms with E-state index in [1.165, 1.54) is 0 Å².